The number of primary sulfonamides is 1. The van der Waals surface area contributed by atoms with Gasteiger partial charge in [-0.15, -0.1) is 11.8 Å². The number of aryl methyl sites for hydroxylation is 1. The predicted octanol–water partition coefficient (Wildman–Crippen LogP) is 5.92. The van der Waals surface area contributed by atoms with Gasteiger partial charge in [-0.05, 0) is 79.3 Å². The molecule has 0 aromatic heterocycles. The highest BCUT2D eigenvalue weighted by molar-refractivity contribution is 8.00. The summed E-state index contributed by atoms with van der Waals surface area (Å²) in [6.45, 7) is 2.02. The van der Waals surface area contributed by atoms with Gasteiger partial charge in [0.15, 0.2) is 5.11 Å². The molecule has 0 aliphatic rings. The average Bonchev–Trinajstić information content (AvgIpc) is 2.89. The molecule has 0 radical (unpaired) electrons. The molecule has 1 unspecified atom stereocenters. The predicted molar refractivity (Wildman–Crippen MR) is 159 cm³/mol. The molecule has 7 nitrogen and oxygen atoms in total. The summed E-state index contributed by atoms with van der Waals surface area (Å²) in [4.78, 5) is 14.2. The van der Waals surface area contributed by atoms with Gasteiger partial charge in [-0.1, -0.05) is 54.1 Å². The number of carbonyl (C=O) groups excluding carboxylic acids is 1. The van der Waals surface area contributed by atoms with Crippen LogP contribution in [0.2, 0.25) is 0 Å². The molecular formula is C28H26N4O3S3. The van der Waals surface area contributed by atoms with Gasteiger partial charge in [0.25, 0.3) is 0 Å². The van der Waals surface area contributed by atoms with E-state index in [1.54, 1.807) is 0 Å². The van der Waals surface area contributed by atoms with Crippen molar-refractivity contribution >= 4 is 62.1 Å². The fraction of sp³-hybridized carbons (Fsp3) is 0.0714. The molecule has 38 heavy (non-hydrogen) atoms. The summed E-state index contributed by atoms with van der Waals surface area (Å²) in [5.74, 6) is -0.250. The Kier molecular flexibility index (Phi) is 8.80. The van der Waals surface area contributed by atoms with Crippen LogP contribution in [0.1, 0.15) is 16.4 Å². The third-order valence-electron chi connectivity index (χ3n) is 5.45. The maximum Gasteiger partial charge on any atom is 0.242 e. The van der Waals surface area contributed by atoms with Crippen molar-refractivity contribution in [1.29, 1.82) is 0 Å². The summed E-state index contributed by atoms with van der Waals surface area (Å²) in [5, 5.41) is 14.3. The Bertz CT molecular complexity index is 1530. The summed E-state index contributed by atoms with van der Waals surface area (Å²) in [6.07, 6.45) is 0. The highest BCUT2D eigenvalue weighted by Crippen LogP contribution is 2.37. The van der Waals surface area contributed by atoms with E-state index in [9.17, 15) is 13.2 Å². The van der Waals surface area contributed by atoms with Crippen molar-refractivity contribution in [2.75, 3.05) is 16.0 Å². The molecule has 1 amide bonds. The van der Waals surface area contributed by atoms with E-state index in [4.69, 9.17) is 17.4 Å². The fourth-order valence-electron chi connectivity index (χ4n) is 3.55. The molecule has 4 aromatic carbocycles. The number of rotatable bonds is 8. The molecule has 5 N–H and O–H groups in total. The zero-order valence-electron chi connectivity index (χ0n) is 20.4. The van der Waals surface area contributed by atoms with Gasteiger partial charge in [0.1, 0.15) is 5.25 Å². The summed E-state index contributed by atoms with van der Waals surface area (Å²) >= 11 is 6.86. The second-order valence-electron chi connectivity index (χ2n) is 8.44. The third kappa shape index (κ3) is 7.65. The molecule has 4 aromatic rings. The molecule has 0 heterocycles. The Hall–Kier alpha value is -3.70. The van der Waals surface area contributed by atoms with Crippen LogP contribution in [0.15, 0.2) is 113 Å². The molecule has 0 spiro atoms. The van der Waals surface area contributed by atoms with Gasteiger partial charge < -0.3 is 16.0 Å². The van der Waals surface area contributed by atoms with E-state index in [-0.39, 0.29) is 10.8 Å². The number of amides is 1. The molecule has 1 atom stereocenters. The molecule has 0 fully saturated rings. The molecular weight excluding hydrogens is 537 g/mol. The van der Waals surface area contributed by atoms with Crippen molar-refractivity contribution in [2.45, 2.75) is 22.0 Å². The number of hydrogen-bond donors (Lipinski definition) is 4. The van der Waals surface area contributed by atoms with Gasteiger partial charge in [-0.3, -0.25) is 4.79 Å². The van der Waals surface area contributed by atoms with Crippen LogP contribution >= 0.6 is 24.0 Å². The van der Waals surface area contributed by atoms with E-state index >= 15 is 0 Å². The van der Waals surface area contributed by atoms with Gasteiger partial charge >= 0.3 is 0 Å². The number of benzene rings is 4. The van der Waals surface area contributed by atoms with Crippen LogP contribution in [0.5, 0.6) is 0 Å². The van der Waals surface area contributed by atoms with Crippen LogP contribution < -0.4 is 21.1 Å². The van der Waals surface area contributed by atoms with E-state index < -0.39 is 15.3 Å². The largest absolute Gasteiger partial charge is 0.332 e. The molecule has 4 rings (SSSR count). The summed E-state index contributed by atoms with van der Waals surface area (Å²) in [6, 6.07) is 30.8. The number of nitrogens with one attached hydrogen (secondary N) is 3. The van der Waals surface area contributed by atoms with Gasteiger partial charge in [-0.2, -0.15) is 0 Å². The van der Waals surface area contributed by atoms with E-state index in [1.165, 1.54) is 36.0 Å². The van der Waals surface area contributed by atoms with Crippen molar-refractivity contribution in [3.63, 3.8) is 0 Å². The first-order valence-electron chi connectivity index (χ1n) is 11.6. The Morgan fingerprint density at radius 2 is 1.39 bits per heavy atom. The first-order valence-corrected chi connectivity index (χ1v) is 14.4. The van der Waals surface area contributed by atoms with Gasteiger partial charge in [0.2, 0.25) is 15.9 Å². The SMILES string of the molecule is Cc1ccc(NC(=S)Nc2cccc(SC(C(=O)Nc3ccc(S(N)(=O)=O)cc3)c3ccccc3)c2)cc1. The zero-order valence-corrected chi connectivity index (χ0v) is 22.9. The molecule has 0 saturated heterocycles. The maximum atomic E-state index is 13.4. The minimum absolute atomic E-state index is 0.0245. The zero-order chi connectivity index (χ0) is 27.1. The van der Waals surface area contributed by atoms with Gasteiger partial charge in [0, 0.05) is 22.0 Å². The molecule has 194 valence electrons. The number of carbonyl (C=O) groups is 1. The van der Waals surface area contributed by atoms with E-state index in [0.717, 1.165) is 27.4 Å². The van der Waals surface area contributed by atoms with Crippen LogP contribution in [-0.2, 0) is 14.8 Å². The molecule has 0 aliphatic heterocycles. The lowest BCUT2D eigenvalue weighted by Crippen LogP contribution is -2.20. The smallest absolute Gasteiger partial charge is 0.242 e. The fourth-order valence-corrected chi connectivity index (χ4v) is 5.38. The first kappa shape index (κ1) is 27.3. The van der Waals surface area contributed by atoms with Crippen LogP contribution in [0, 0.1) is 6.92 Å². The lowest BCUT2D eigenvalue weighted by atomic mass is 10.1. The Balaban J connectivity index is 1.49. The standard InChI is InChI=1S/C28H26N4O3S3/c1-19-10-12-22(13-11-19)31-28(36)32-23-8-5-9-24(18-23)37-26(20-6-3-2-4-7-20)27(33)30-21-14-16-25(17-15-21)38(29,34)35/h2-18,26H,1H3,(H,30,33)(H2,29,34,35)(H2,31,32,36). The van der Waals surface area contributed by atoms with Crippen molar-refractivity contribution in [3.05, 3.63) is 114 Å². The Labute approximate surface area is 231 Å². The quantitative estimate of drug-likeness (QED) is 0.156. The third-order valence-corrected chi connectivity index (χ3v) is 7.83. The number of thioether (sulfide) groups is 1. The van der Waals surface area contributed by atoms with E-state index in [0.29, 0.717) is 10.8 Å². The number of thiocarbonyl (C=S) groups is 1. The van der Waals surface area contributed by atoms with Gasteiger partial charge in [-0.25, -0.2) is 13.6 Å². The van der Waals surface area contributed by atoms with Crippen LogP contribution in [0.4, 0.5) is 17.1 Å². The Morgan fingerprint density at radius 3 is 2.05 bits per heavy atom. The molecule has 0 aliphatic carbocycles. The number of nitrogens with two attached hydrogens (primary N) is 1. The summed E-state index contributed by atoms with van der Waals surface area (Å²) < 4.78 is 23.1. The molecule has 0 bridgehead atoms. The normalized spacial score (nSPS) is 11.8. The number of hydrogen-bond acceptors (Lipinski definition) is 5. The van der Waals surface area contributed by atoms with Crippen LogP contribution in [-0.4, -0.2) is 19.4 Å². The number of sulfonamides is 1. The van der Waals surface area contributed by atoms with E-state index in [2.05, 4.69) is 16.0 Å². The van der Waals surface area contributed by atoms with E-state index in [1.807, 2.05) is 85.8 Å². The minimum atomic E-state index is -3.82. The summed E-state index contributed by atoms with van der Waals surface area (Å²) in [7, 11) is -3.82. The second kappa shape index (κ2) is 12.2. The summed E-state index contributed by atoms with van der Waals surface area (Å²) in [5.41, 5.74) is 4.12. The van der Waals surface area contributed by atoms with Crippen molar-refractivity contribution < 1.29 is 13.2 Å². The monoisotopic (exact) mass is 562 g/mol. The van der Waals surface area contributed by atoms with Crippen molar-refractivity contribution in [3.8, 4) is 0 Å². The number of anilines is 3. The topological polar surface area (TPSA) is 113 Å². The maximum absolute atomic E-state index is 13.4. The van der Waals surface area contributed by atoms with Gasteiger partial charge in [0.05, 0.1) is 4.90 Å². The Morgan fingerprint density at radius 1 is 0.789 bits per heavy atom. The van der Waals surface area contributed by atoms with Crippen molar-refractivity contribution in [1.82, 2.24) is 0 Å². The minimum Gasteiger partial charge on any atom is -0.332 e. The lowest BCUT2D eigenvalue weighted by Gasteiger charge is -2.18. The lowest BCUT2D eigenvalue weighted by molar-refractivity contribution is -0.115. The average molecular weight is 563 g/mol. The molecule has 10 heteroatoms. The highest BCUT2D eigenvalue weighted by Gasteiger charge is 2.22. The van der Waals surface area contributed by atoms with Crippen LogP contribution in [0.25, 0.3) is 0 Å². The highest BCUT2D eigenvalue weighted by atomic mass is 32.2. The van der Waals surface area contributed by atoms with Crippen LogP contribution in [0.3, 0.4) is 0 Å². The second-order valence-corrected chi connectivity index (χ2v) is 11.6. The van der Waals surface area contributed by atoms with Crippen molar-refractivity contribution in [2.24, 2.45) is 5.14 Å². The molecule has 0 saturated carbocycles. The first-order chi connectivity index (χ1) is 18.2.